The number of nitrogens with zero attached hydrogens (tertiary/aromatic N) is 2. The van der Waals surface area contributed by atoms with Gasteiger partial charge in [-0.3, -0.25) is 0 Å². The van der Waals surface area contributed by atoms with Gasteiger partial charge in [-0.15, -0.1) is 0 Å². The molecule has 0 heterocycles. The fourth-order valence-corrected chi connectivity index (χ4v) is 1.91. The second-order valence-electron chi connectivity index (χ2n) is 3.44. The highest BCUT2D eigenvalue weighted by Gasteiger charge is 2.11. The lowest BCUT2D eigenvalue weighted by atomic mass is 10.2. The van der Waals surface area contributed by atoms with Gasteiger partial charge in [0.1, 0.15) is 6.07 Å². The van der Waals surface area contributed by atoms with Crippen LogP contribution in [0, 0.1) is 11.3 Å². The standard InChI is InChI=1S/C12H13BrN4O3/c1-2-19-10-6-8(7-16-17-12(15)18)5-9(13)11(10)20-4-3-14/h5-7H,2,4H2,1H3,(H3,15,17,18)/b16-7+. The van der Waals surface area contributed by atoms with Crippen LogP contribution in [0.5, 0.6) is 11.5 Å². The van der Waals surface area contributed by atoms with Gasteiger partial charge in [-0.1, -0.05) is 0 Å². The summed E-state index contributed by atoms with van der Waals surface area (Å²) in [5.41, 5.74) is 7.65. The minimum atomic E-state index is -0.751. The molecule has 2 amide bonds. The van der Waals surface area contributed by atoms with Crippen LogP contribution in [-0.4, -0.2) is 25.5 Å². The Morgan fingerprint density at radius 3 is 2.95 bits per heavy atom. The van der Waals surface area contributed by atoms with Gasteiger partial charge < -0.3 is 15.2 Å². The molecule has 0 radical (unpaired) electrons. The highest BCUT2D eigenvalue weighted by atomic mass is 79.9. The number of hydrogen-bond acceptors (Lipinski definition) is 5. The largest absolute Gasteiger partial charge is 0.490 e. The van der Waals surface area contributed by atoms with E-state index in [0.717, 1.165) is 0 Å². The SMILES string of the molecule is CCOc1cc(/C=N/NC(N)=O)cc(Br)c1OCC#N. The maximum Gasteiger partial charge on any atom is 0.332 e. The number of primary amides is 1. The summed E-state index contributed by atoms with van der Waals surface area (Å²) in [5, 5.41) is 12.2. The Balaban J connectivity index is 3.03. The molecule has 0 aliphatic heterocycles. The van der Waals surface area contributed by atoms with Gasteiger partial charge in [0, 0.05) is 0 Å². The van der Waals surface area contributed by atoms with Gasteiger partial charge in [-0.25, -0.2) is 10.2 Å². The second-order valence-corrected chi connectivity index (χ2v) is 4.30. The molecule has 0 aromatic heterocycles. The number of hydrogen-bond donors (Lipinski definition) is 2. The van der Waals surface area contributed by atoms with E-state index in [1.165, 1.54) is 6.21 Å². The highest BCUT2D eigenvalue weighted by Crippen LogP contribution is 2.36. The minimum Gasteiger partial charge on any atom is -0.490 e. The van der Waals surface area contributed by atoms with Crippen LogP contribution in [0.2, 0.25) is 0 Å². The molecular formula is C12H13BrN4O3. The summed E-state index contributed by atoms with van der Waals surface area (Å²) in [5.74, 6) is 0.908. The quantitative estimate of drug-likeness (QED) is 0.607. The summed E-state index contributed by atoms with van der Waals surface area (Å²) in [4.78, 5) is 10.5. The number of nitrogens with two attached hydrogens (primary N) is 1. The number of carbonyl (C=O) groups is 1. The Bertz CT molecular complexity index is 554. The summed E-state index contributed by atoms with van der Waals surface area (Å²) in [6.07, 6.45) is 1.41. The van der Waals surface area contributed by atoms with Crippen molar-refractivity contribution in [2.75, 3.05) is 13.2 Å². The maximum atomic E-state index is 10.5. The van der Waals surface area contributed by atoms with Crippen LogP contribution >= 0.6 is 15.9 Å². The van der Waals surface area contributed by atoms with Crippen LogP contribution in [-0.2, 0) is 0 Å². The molecule has 20 heavy (non-hydrogen) atoms. The zero-order valence-corrected chi connectivity index (χ0v) is 12.3. The zero-order chi connectivity index (χ0) is 15.0. The summed E-state index contributed by atoms with van der Waals surface area (Å²) >= 11 is 3.33. The fourth-order valence-electron chi connectivity index (χ4n) is 1.34. The zero-order valence-electron chi connectivity index (χ0n) is 10.7. The maximum absolute atomic E-state index is 10.5. The Morgan fingerprint density at radius 1 is 1.60 bits per heavy atom. The van der Waals surface area contributed by atoms with Crippen LogP contribution in [0.3, 0.4) is 0 Å². The van der Waals surface area contributed by atoms with Crippen molar-refractivity contribution in [2.45, 2.75) is 6.92 Å². The number of nitrogens with one attached hydrogen (secondary N) is 1. The molecule has 0 aliphatic carbocycles. The molecule has 0 aliphatic rings. The topological polar surface area (TPSA) is 110 Å². The number of hydrazone groups is 1. The molecule has 0 fully saturated rings. The average molecular weight is 341 g/mol. The molecule has 7 nitrogen and oxygen atoms in total. The van der Waals surface area contributed by atoms with Crippen molar-refractivity contribution in [1.82, 2.24) is 5.43 Å². The predicted molar refractivity (Wildman–Crippen MR) is 76.7 cm³/mol. The molecule has 0 unspecified atom stereocenters. The molecule has 0 spiro atoms. The second kappa shape index (κ2) is 8.01. The number of urea groups is 1. The van der Waals surface area contributed by atoms with Gasteiger partial charge in [0.15, 0.2) is 18.1 Å². The van der Waals surface area contributed by atoms with Crippen LogP contribution in [0.25, 0.3) is 0 Å². The van der Waals surface area contributed by atoms with E-state index in [4.69, 9.17) is 20.5 Å². The molecule has 1 rings (SSSR count). The summed E-state index contributed by atoms with van der Waals surface area (Å²) in [7, 11) is 0. The highest BCUT2D eigenvalue weighted by molar-refractivity contribution is 9.10. The van der Waals surface area contributed by atoms with Gasteiger partial charge in [0.2, 0.25) is 0 Å². The molecule has 0 atom stereocenters. The van der Waals surface area contributed by atoms with E-state index in [-0.39, 0.29) is 6.61 Å². The lowest BCUT2D eigenvalue weighted by Crippen LogP contribution is -2.24. The molecule has 0 saturated carbocycles. The Morgan fingerprint density at radius 2 is 2.35 bits per heavy atom. The molecule has 0 bridgehead atoms. The van der Waals surface area contributed by atoms with Gasteiger partial charge in [-0.2, -0.15) is 10.4 Å². The lowest BCUT2D eigenvalue weighted by molar-refractivity contribution is 0.249. The van der Waals surface area contributed by atoms with Gasteiger partial charge in [-0.05, 0) is 40.5 Å². The van der Waals surface area contributed by atoms with Gasteiger partial charge in [0.05, 0.1) is 17.3 Å². The number of halogens is 1. The van der Waals surface area contributed by atoms with E-state index in [9.17, 15) is 4.79 Å². The molecular weight excluding hydrogens is 328 g/mol. The molecule has 1 aromatic carbocycles. The van der Waals surface area contributed by atoms with Crippen LogP contribution in [0.1, 0.15) is 12.5 Å². The fraction of sp³-hybridized carbons (Fsp3) is 0.250. The van der Waals surface area contributed by atoms with E-state index < -0.39 is 6.03 Å². The normalized spacial score (nSPS) is 10.1. The van der Waals surface area contributed by atoms with Gasteiger partial charge >= 0.3 is 6.03 Å². The molecule has 106 valence electrons. The molecule has 8 heteroatoms. The monoisotopic (exact) mass is 340 g/mol. The third kappa shape index (κ3) is 4.78. The number of benzene rings is 1. The first kappa shape index (κ1) is 15.8. The smallest absolute Gasteiger partial charge is 0.332 e. The number of carbonyl (C=O) groups excluding carboxylic acids is 1. The first-order valence-corrected chi connectivity index (χ1v) is 6.42. The van der Waals surface area contributed by atoms with Crippen molar-refractivity contribution in [3.63, 3.8) is 0 Å². The van der Waals surface area contributed by atoms with E-state index in [1.54, 1.807) is 12.1 Å². The third-order valence-electron chi connectivity index (χ3n) is 2.00. The van der Waals surface area contributed by atoms with Crippen molar-refractivity contribution in [3.05, 3.63) is 22.2 Å². The number of nitriles is 1. The Labute approximate surface area is 124 Å². The number of ether oxygens (including phenoxy) is 2. The Kier molecular flexibility index (Phi) is 6.32. The van der Waals surface area contributed by atoms with Crippen molar-refractivity contribution in [1.29, 1.82) is 5.26 Å². The first-order chi connectivity index (χ1) is 9.58. The van der Waals surface area contributed by atoms with E-state index in [1.807, 2.05) is 13.0 Å². The third-order valence-corrected chi connectivity index (χ3v) is 2.59. The minimum absolute atomic E-state index is 0.0880. The van der Waals surface area contributed by atoms with E-state index in [0.29, 0.717) is 28.1 Å². The van der Waals surface area contributed by atoms with Crippen molar-refractivity contribution in [2.24, 2.45) is 10.8 Å². The predicted octanol–water partition coefficient (Wildman–Crippen LogP) is 1.75. The summed E-state index contributed by atoms with van der Waals surface area (Å²) < 4.78 is 11.4. The average Bonchev–Trinajstić information content (AvgIpc) is 2.38. The molecule has 0 saturated heterocycles. The van der Waals surface area contributed by atoms with Crippen LogP contribution in [0.4, 0.5) is 4.79 Å². The lowest BCUT2D eigenvalue weighted by Gasteiger charge is -2.12. The Hall–Kier alpha value is -2.27. The molecule has 3 N–H and O–H groups in total. The van der Waals surface area contributed by atoms with Crippen molar-refractivity contribution in [3.8, 4) is 17.6 Å². The van der Waals surface area contributed by atoms with E-state index in [2.05, 4.69) is 26.5 Å². The molecule has 1 aromatic rings. The number of rotatable bonds is 6. The van der Waals surface area contributed by atoms with Crippen molar-refractivity contribution < 1.29 is 14.3 Å². The first-order valence-electron chi connectivity index (χ1n) is 5.63. The number of amides is 2. The summed E-state index contributed by atoms with van der Waals surface area (Å²) in [6.45, 7) is 2.18. The van der Waals surface area contributed by atoms with Crippen LogP contribution < -0.4 is 20.6 Å². The van der Waals surface area contributed by atoms with Gasteiger partial charge in [0.25, 0.3) is 0 Å². The van der Waals surface area contributed by atoms with Crippen molar-refractivity contribution >= 4 is 28.2 Å². The van der Waals surface area contributed by atoms with Crippen LogP contribution in [0.15, 0.2) is 21.7 Å². The summed E-state index contributed by atoms with van der Waals surface area (Å²) in [6, 6.07) is 4.52. The van der Waals surface area contributed by atoms with E-state index >= 15 is 0 Å².